The monoisotopic (exact) mass is 271 g/mol. The van der Waals surface area contributed by atoms with Crippen molar-refractivity contribution in [2.24, 2.45) is 0 Å². The first-order valence-corrected chi connectivity index (χ1v) is 4.82. The molecule has 0 aliphatic heterocycles. The van der Waals surface area contributed by atoms with E-state index in [9.17, 15) is 9.18 Å². The number of carbonyl (C=O) groups is 1. The molecular weight excluding hydrogens is 265 g/mol. The molecule has 15 heavy (non-hydrogen) atoms. The number of rotatable bonds is 2. The summed E-state index contributed by atoms with van der Waals surface area (Å²) in [7, 11) is 1.23. The molecule has 0 heterocycles. The second-order valence-electron chi connectivity index (χ2n) is 2.79. The summed E-state index contributed by atoms with van der Waals surface area (Å²) in [5, 5.41) is 8.63. The lowest BCUT2D eigenvalue weighted by molar-refractivity contribution is -0.139. The van der Waals surface area contributed by atoms with Crippen LogP contribution in [0.5, 0.6) is 0 Å². The summed E-state index contributed by atoms with van der Waals surface area (Å²) in [6, 6.07) is 4.52. The summed E-state index contributed by atoms with van der Waals surface area (Å²) in [6.07, 6.45) is -0.184. The van der Waals surface area contributed by atoms with Gasteiger partial charge in [0.2, 0.25) is 0 Å². The number of nitriles is 1. The van der Waals surface area contributed by atoms with E-state index >= 15 is 0 Å². The molecule has 0 bridgehead atoms. The molecule has 78 valence electrons. The Hall–Kier alpha value is -1.41. The van der Waals surface area contributed by atoms with Crippen molar-refractivity contribution in [3.8, 4) is 6.07 Å². The highest BCUT2D eigenvalue weighted by Gasteiger charge is 2.13. The minimum Gasteiger partial charge on any atom is -0.469 e. The normalized spacial score (nSPS) is 9.47. The van der Waals surface area contributed by atoms with Crippen LogP contribution in [0.3, 0.4) is 0 Å². The van der Waals surface area contributed by atoms with Gasteiger partial charge in [-0.15, -0.1) is 0 Å². The average molecular weight is 272 g/mol. The predicted octanol–water partition coefficient (Wildman–Crippen LogP) is 2.18. The average Bonchev–Trinajstić information content (AvgIpc) is 2.22. The summed E-state index contributed by atoms with van der Waals surface area (Å²) >= 11 is 3.13. The molecule has 5 heteroatoms. The number of halogens is 2. The Morgan fingerprint density at radius 2 is 2.33 bits per heavy atom. The fraction of sp³-hybridized carbons (Fsp3) is 0.200. The van der Waals surface area contributed by atoms with Crippen LogP contribution in [0.25, 0.3) is 0 Å². The quantitative estimate of drug-likeness (QED) is 0.775. The maximum Gasteiger partial charge on any atom is 0.310 e. The summed E-state index contributed by atoms with van der Waals surface area (Å²) < 4.78 is 18.5. The number of hydrogen-bond acceptors (Lipinski definition) is 3. The second-order valence-corrected chi connectivity index (χ2v) is 3.71. The highest BCUT2D eigenvalue weighted by atomic mass is 79.9. The summed E-state index contributed by atoms with van der Waals surface area (Å²) in [5.41, 5.74) is 0.0519. The minimum absolute atomic E-state index is 0.0942. The zero-order chi connectivity index (χ0) is 11.4. The second kappa shape index (κ2) is 4.89. The predicted molar refractivity (Wildman–Crippen MR) is 54.5 cm³/mol. The van der Waals surface area contributed by atoms with E-state index in [0.717, 1.165) is 0 Å². The van der Waals surface area contributed by atoms with Crippen molar-refractivity contribution in [3.63, 3.8) is 0 Å². The van der Waals surface area contributed by atoms with Gasteiger partial charge >= 0.3 is 5.97 Å². The Balaban J connectivity index is 3.13. The zero-order valence-electron chi connectivity index (χ0n) is 7.88. The fourth-order valence-electron chi connectivity index (χ4n) is 1.08. The smallest absolute Gasteiger partial charge is 0.310 e. The van der Waals surface area contributed by atoms with E-state index < -0.39 is 11.8 Å². The lowest BCUT2D eigenvalue weighted by Crippen LogP contribution is -2.07. The van der Waals surface area contributed by atoms with Gasteiger partial charge in [-0.05, 0) is 12.1 Å². The molecule has 0 aromatic heterocycles. The SMILES string of the molecule is COC(=O)Cc1cc(Br)cc(C#N)c1F. The summed E-state index contributed by atoms with van der Waals surface area (Å²) in [6.45, 7) is 0. The van der Waals surface area contributed by atoms with Crippen molar-refractivity contribution in [1.82, 2.24) is 0 Å². The number of hydrogen-bond donors (Lipinski definition) is 0. The van der Waals surface area contributed by atoms with Crippen molar-refractivity contribution in [3.05, 3.63) is 33.5 Å². The van der Waals surface area contributed by atoms with Crippen molar-refractivity contribution < 1.29 is 13.9 Å². The third kappa shape index (κ3) is 2.77. The molecule has 0 saturated carbocycles. The zero-order valence-corrected chi connectivity index (χ0v) is 9.47. The van der Waals surface area contributed by atoms with Gasteiger partial charge in [0.1, 0.15) is 11.9 Å². The molecule has 1 aromatic carbocycles. The van der Waals surface area contributed by atoms with E-state index in [1.54, 1.807) is 6.07 Å². The molecule has 0 aliphatic rings. The van der Waals surface area contributed by atoms with Crippen molar-refractivity contribution in [1.29, 1.82) is 5.26 Å². The Labute approximate surface area is 94.6 Å². The number of methoxy groups -OCH3 is 1. The molecule has 3 nitrogen and oxygen atoms in total. The van der Waals surface area contributed by atoms with Crippen molar-refractivity contribution in [2.75, 3.05) is 7.11 Å². The Morgan fingerprint density at radius 1 is 1.67 bits per heavy atom. The van der Waals surface area contributed by atoms with E-state index in [1.807, 2.05) is 0 Å². The largest absolute Gasteiger partial charge is 0.469 e. The maximum absolute atomic E-state index is 13.5. The van der Waals surface area contributed by atoms with Crippen LogP contribution < -0.4 is 0 Å². The minimum atomic E-state index is -0.675. The number of ether oxygens (including phenoxy) is 1. The maximum atomic E-state index is 13.5. The molecule has 0 amide bonds. The van der Waals surface area contributed by atoms with E-state index in [0.29, 0.717) is 4.47 Å². The highest BCUT2D eigenvalue weighted by Crippen LogP contribution is 2.20. The molecule has 0 saturated heterocycles. The molecule has 0 fully saturated rings. The van der Waals surface area contributed by atoms with Crippen LogP contribution in [0.1, 0.15) is 11.1 Å². The van der Waals surface area contributed by atoms with Gasteiger partial charge in [-0.25, -0.2) is 4.39 Å². The first-order chi connectivity index (χ1) is 7.08. The lowest BCUT2D eigenvalue weighted by atomic mass is 10.1. The molecule has 0 radical (unpaired) electrons. The molecule has 0 unspecified atom stereocenters. The van der Waals surface area contributed by atoms with Crippen molar-refractivity contribution >= 4 is 21.9 Å². The molecule has 0 aliphatic carbocycles. The van der Waals surface area contributed by atoms with Gasteiger partial charge in [-0.3, -0.25) is 4.79 Å². The molecule has 0 N–H and O–H groups in total. The van der Waals surface area contributed by atoms with Crippen LogP contribution in [-0.4, -0.2) is 13.1 Å². The van der Waals surface area contributed by atoms with Gasteiger partial charge in [-0.1, -0.05) is 15.9 Å². The van der Waals surface area contributed by atoms with Crippen LogP contribution in [0, 0.1) is 17.1 Å². The van der Waals surface area contributed by atoms with E-state index in [1.165, 1.54) is 19.2 Å². The van der Waals surface area contributed by atoms with Gasteiger partial charge in [0.15, 0.2) is 0 Å². The van der Waals surface area contributed by atoms with Crippen LogP contribution in [0.15, 0.2) is 16.6 Å². The van der Waals surface area contributed by atoms with Crippen molar-refractivity contribution in [2.45, 2.75) is 6.42 Å². The standard InChI is InChI=1S/C10H7BrFNO2/c1-15-9(14)4-6-2-8(11)3-7(5-13)10(6)12/h2-3H,4H2,1H3. The van der Waals surface area contributed by atoms with Crippen LogP contribution in [0.2, 0.25) is 0 Å². The third-order valence-corrected chi connectivity index (χ3v) is 2.25. The Morgan fingerprint density at radius 3 is 2.87 bits per heavy atom. The first kappa shape index (κ1) is 11.7. The summed E-state index contributed by atoms with van der Waals surface area (Å²) in [5.74, 6) is -1.22. The van der Waals surface area contributed by atoms with Gasteiger partial charge in [-0.2, -0.15) is 5.26 Å². The molecular formula is C10H7BrFNO2. The van der Waals surface area contributed by atoms with Crippen LogP contribution in [-0.2, 0) is 16.0 Å². The Kier molecular flexibility index (Phi) is 3.81. The number of benzene rings is 1. The Bertz CT molecular complexity index is 440. The summed E-state index contributed by atoms with van der Waals surface area (Å²) in [4.78, 5) is 11.0. The topological polar surface area (TPSA) is 50.1 Å². The van der Waals surface area contributed by atoms with Crippen LogP contribution >= 0.6 is 15.9 Å². The number of esters is 1. The molecule has 1 rings (SSSR count). The van der Waals surface area contributed by atoms with Gasteiger partial charge in [0, 0.05) is 10.0 Å². The van der Waals surface area contributed by atoms with Crippen LogP contribution in [0.4, 0.5) is 4.39 Å². The van der Waals surface area contributed by atoms with Gasteiger partial charge < -0.3 is 4.74 Å². The van der Waals surface area contributed by atoms with E-state index in [4.69, 9.17) is 5.26 Å². The molecule has 1 aromatic rings. The third-order valence-electron chi connectivity index (χ3n) is 1.80. The number of nitrogens with zero attached hydrogens (tertiary/aromatic N) is 1. The number of carbonyl (C=O) groups excluding carboxylic acids is 1. The molecule has 0 spiro atoms. The highest BCUT2D eigenvalue weighted by molar-refractivity contribution is 9.10. The van der Waals surface area contributed by atoms with Gasteiger partial charge in [0.05, 0.1) is 19.1 Å². The lowest BCUT2D eigenvalue weighted by Gasteiger charge is -2.04. The van der Waals surface area contributed by atoms with E-state index in [2.05, 4.69) is 20.7 Å². The fourth-order valence-corrected chi connectivity index (χ4v) is 1.59. The van der Waals surface area contributed by atoms with Gasteiger partial charge in [0.25, 0.3) is 0 Å². The first-order valence-electron chi connectivity index (χ1n) is 4.03. The molecule has 0 atom stereocenters. The van der Waals surface area contributed by atoms with E-state index in [-0.39, 0.29) is 17.5 Å².